The number of carbonyl (C=O) groups is 1. The van der Waals surface area contributed by atoms with Crippen LogP contribution >= 0.6 is 0 Å². The lowest BCUT2D eigenvalue weighted by Crippen LogP contribution is -2.47. The third-order valence-electron chi connectivity index (χ3n) is 6.21. The van der Waals surface area contributed by atoms with Crippen molar-refractivity contribution in [1.29, 1.82) is 0 Å². The quantitative estimate of drug-likeness (QED) is 0.116. The second-order valence-corrected chi connectivity index (χ2v) is 9.21. The Hall–Kier alpha value is -0.530. The van der Waals surface area contributed by atoms with E-state index in [1.54, 1.807) is 0 Å². The number of aliphatic hydroxyl groups is 4. The van der Waals surface area contributed by atoms with Gasteiger partial charge in [-0.15, -0.1) is 0 Å². The van der Waals surface area contributed by atoms with Gasteiger partial charge in [0, 0.05) is 6.61 Å². The lowest BCUT2D eigenvalue weighted by Gasteiger charge is -2.25. The molecular formula is C26H52O6. The van der Waals surface area contributed by atoms with Crippen LogP contribution in [0, 0.1) is 0 Å². The number of aldehydes is 1. The summed E-state index contributed by atoms with van der Waals surface area (Å²) in [4.78, 5) is 11.0. The Bertz CT molecular complexity index is 393. The standard InChI is InChI=1S/C26H52O6/c1-2-3-4-5-6-7-8-9-10-11-12-13-14-15-16-17-18-19-20-32-24(22-28)26(31)25(30)23(29)21-27/h22-27,29-31H,2-21H2,1H3/t23-,24+,25-,26-/m1/s1. The molecule has 0 aliphatic rings. The summed E-state index contributed by atoms with van der Waals surface area (Å²) in [5, 5.41) is 37.6. The third kappa shape index (κ3) is 18.0. The minimum Gasteiger partial charge on any atom is -0.394 e. The maximum Gasteiger partial charge on any atom is 0.151 e. The smallest absolute Gasteiger partial charge is 0.151 e. The van der Waals surface area contributed by atoms with E-state index < -0.39 is 31.0 Å². The van der Waals surface area contributed by atoms with Gasteiger partial charge in [-0.2, -0.15) is 0 Å². The average molecular weight is 461 g/mol. The monoisotopic (exact) mass is 460 g/mol. The second-order valence-electron chi connectivity index (χ2n) is 9.21. The molecule has 0 aliphatic heterocycles. The fourth-order valence-electron chi connectivity index (χ4n) is 3.97. The van der Waals surface area contributed by atoms with Gasteiger partial charge >= 0.3 is 0 Å². The van der Waals surface area contributed by atoms with Gasteiger partial charge in [0.15, 0.2) is 6.29 Å². The predicted octanol–water partition coefficient (Wildman–Crippen LogP) is 4.69. The molecule has 0 amide bonds. The van der Waals surface area contributed by atoms with E-state index in [1.807, 2.05) is 0 Å². The van der Waals surface area contributed by atoms with E-state index >= 15 is 0 Å². The predicted molar refractivity (Wildman–Crippen MR) is 130 cm³/mol. The van der Waals surface area contributed by atoms with E-state index in [1.165, 1.54) is 96.3 Å². The minimum atomic E-state index is -1.62. The average Bonchev–Trinajstić information content (AvgIpc) is 2.81. The molecule has 0 fully saturated rings. The molecule has 0 aromatic heterocycles. The number of carbonyl (C=O) groups excluding carboxylic acids is 1. The SMILES string of the molecule is CCCCCCCCCCCCCCCCCCCCO[C@@H](C=O)[C@@H](O)[C@H](O)[C@H](O)CO. The van der Waals surface area contributed by atoms with Crippen molar-refractivity contribution in [3.8, 4) is 0 Å². The number of aliphatic hydroxyl groups excluding tert-OH is 4. The van der Waals surface area contributed by atoms with Crippen LogP contribution in [0.4, 0.5) is 0 Å². The van der Waals surface area contributed by atoms with Crippen molar-refractivity contribution in [3.63, 3.8) is 0 Å². The van der Waals surface area contributed by atoms with Gasteiger partial charge in [0.05, 0.1) is 6.61 Å². The van der Waals surface area contributed by atoms with Gasteiger partial charge in [0.25, 0.3) is 0 Å². The molecule has 0 unspecified atom stereocenters. The first-order valence-corrected chi connectivity index (χ1v) is 13.3. The molecule has 4 N–H and O–H groups in total. The van der Waals surface area contributed by atoms with Crippen LogP contribution < -0.4 is 0 Å². The molecular weight excluding hydrogens is 408 g/mol. The summed E-state index contributed by atoms with van der Waals surface area (Å²) >= 11 is 0. The van der Waals surface area contributed by atoms with Crippen LogP contribution in [0.5, 0.6) is 0 Å². The van der Waals surface area contributed by atoms with Gasteiger partial charge in [-0.1, -0.05) is 116 Å². The molecule has 0 rings (SSSR count). The fourth-order valence-corrected chi connectivity index (χ4v) is 3.97. The van der Waals surface area contributed by atoms with Gasteiger partial charge in [0.2, 0.25) is 0 Å². The Kier molecular flexibility index (Phi) is 23.2. The molecule has 6 nitrogen and oxygen atoms in total. The van der Waals surface area contributed by atoms with Crippen LogP contribution in [0.3, 0.4) is 0 Å². The van der Waals surface area contributed by atoms with E-state index in [0.29, 0.717) is 12.9 Å². The summed E-state index contributed by atoms with van der Waals surface area (Å²) < 4.78 is 5.33. The molecule has 6 heteroatoms. The highest BCUT2D eigenvalue weighted by molar-refractivity contribution is 5.57. The molecule has 32 heavy (non-hydrogen) atoms. The highest BCUT2D eigenvalue weighted by Gasteiger charge is 2.31. The fraction of sp³-hybridized carbons (Fsp3) is 0.962. The number of hydrogen-bond donors (Lipinski definition) is 4. The number of unbranched alkanes of at least 4 members (excludes halogenated alkanes) is 17. The third-order valence-corrected chi connectivity index (χ3v) is 6.21. The maximum absolute atomic E-state index is 11.0. The highest BCUT2D eigenvalue weighted by Crippen LogP contribution is 2.14. The molecule has 0 bridgehead atoms. The zero-order valence-electron chi connectivity index (χ0n) is 20.6. The summed E-state index contributed by atoms with van der Waals surface area (Å²) in [6.07, 6.45) is 17.9. The maximum atomic E-state index is 11.0. The highest BCUT2D eigenvalue weighted by atomic mass is 16.5. The number of hydrogen-bond acceptors (Lipinski definition) is 6. The van der Waals surface area contributed by atoms with Gasteiger partial charge in [-0.05, 0) is 6.42 Å². The molecule has 0 aromatic carbocycles. The van der Waals surface area contributed by atoms with Crippen molar-refractivity contribution in [2.75, 3.05) is 13.2 Å². The first kappa shape index (κ1) is 31.5. The molecule has 192 valence electrons. The summed E-state index contributed by atoms with van der Waals surface area (Å²) in [6.45, 7) is 1.90. The molecule has 0 heterocycles. The zero-order chi connectivity index (χ0) is 23.9. The van der Waals surface area contributed by atoms with Gasteiger partial charge in [-0.25, -0.2) is 0 Å². The van der Waals surface area contributed by atoms with Crippen LogP contribution in [0.15, 0.2) is 0 Å². The normalized spacial score (nSPS) is 15.4. The van der Waals surface area contributed by atoms with Crippen molar-refractivity contribution >= 4 is 6.29 Å². The van der Waals surface area contributed by atoms with Crippen molar-refractivity contribution in [2.45, 2.75) is 147 Å². The van der Waals surface area contributed by atoms with Crippen molar-refractivity contribution in [2.24, 2.45) is 0 Å². The van der Waals surface area contributed by atoms with E-state index in [-0.39, 0.29) is 0 Å². The number of rotatable bonds is 25. The first-order chi connectivity index (χ1) is 15.6. The molecule has 4 atom stereocenters. The van der Waals surface area contributed by atoms with Crippen molar-refractivity contribution in [1.82, 2.24) is 0 Å². The van der Waals surface area contributed by atoms with Gasteiger partial charge < -0.3 is 30.0 Å². The van der Waals surface area contributed by atoms with Crippen LogP contribution in [-0.4, -0.2) is 64.3 Å². The Balaban J connectivity index is 3.39. The zero-order valence-corrected chi connectivity index (χ0v) is 20.6. The lowest BCUT2D eigenvalue weighted by atomic mass is 10.0. The summed E-state index contributed by atoms with van der Waals surface area (Å²) in [7, 11) is 0. The van der Waals surface area contributed by atoms with Crippen LogP contribution in [-0.2, 0) is 9.53 Å². The van der Waals surface area contributed by atoms with E-state index in [2.05, 4.69) is 6.92 Å². The summed E-state index contributed by atoms with van der Waals surface area (Å²) in [5.74, 6) is 0. The molecule has 0 saturated heterocycles. The van der Waals surface area contributed by atoms with Gasteiger partial charge in [-0.3, -0.25) is 0 Å². The van der Waals surface area contributed by atoms with Crippen LogP contribution in [0.25, 0.3) is 0 Å². The Morgan fingerprint density at radius 3 is 1.34 bits per heavy atom. The van der Waals surface area contributed by atoms with Crippen molar-refractivity contribution < 1.29 is 30.0 Å². The molecule has 0 aromatic rings. The first-order valence-electron chi connectivity index (χ1n) is 13.3. The molecule has 0 saturated carbocycles. The molecule has 0 aliphatic carbocycles. The Morgan fingerprint density at radius 1 is 0.625 bits per heavy atom. The number of ether oxygens (including phenoxy) is 1. The summed E-state index contributed by atoms with van der Waals surface area (Å²) in [5.41, 5.74) is 0. The molecule has 0 spiro atoms. The Labute approximate surface area is 196 Å². The van der Waals surface area contributed by atoms with Crippen LogP contribution in [0.2, 0.25) is 0 Å². The summed E-state index contributed by atoms with van der Waals surface area (Å²) in [6, 6.07) is 0. The van der Waals surface area contributed by atoms with Gasteiger partial charge in [0.1, 0.15) is 24.4 Å². The van der Waals surface area contributed by atoms with Crippen molar-refractivity contribution in [3.05, 3.63) is 0 Å². The van der Waals surface area contributed by atoms with E-state index in [4.69, 9.17) is 9.84 Å². The van der Waals surface area contributed by atoms with E-state index in [0.717, 1.165) is 19.3 Å². The lowest BCUT2D eigenvalue weighted by molar-refractivity contribution is -0.146. The topological polar surface area (TPSA) is 107 Å². The Morgan fingerprint density at radius 2 is 1.00 bits per heavy atom. The minimum absolute atomic E-state index is 0.321. The van der Waals surface area contributed by atoms with E-state index in [9.17, 15) is 20.1 Å². The largest absolute Gasteiger partial charge is 0.394 e. The second kappa shape index (κ2) is 23.6. The van der Waals surface area contributed by atoms with Crippen LogP contribution in [0.1, 0.15) is 122 Å². The molecule has 0 radical (unpaired) electrons.